The lowest BCUT2D eigenvalue weighted by atomic mass is 9.97. The summed E-state index contributed by atoms with van der Waals surface area (Å²) >= 11 is 0. The number of aromatic amines is 1. The molecule has 0 saturated carbocycles. The number of aromatic nitrogens is 2. The van der Waals surface area contributed by atoms with Crippen molar-refractivity contribution in [1.82, 2.24) is 127 Å². The Bertz CT molecular complexity index is 4590. The average molecular weight is 2060 g/mol. The van der Waals surface area contributed by atoms with Gasteiger partial charge in [-0.25, -0.2) is 4.98 Å². The molecular formula is C82H132N32O19S6. The lowest BCUT2D eigenvalue weighted by molar-refractivity contribution is -0.137. The number of carbonyl (C=O) groups is 18. The summed E-state index contributed by atoms with van der Waals surface area (Å²) in [5.41, 5.74) is 23.0. The molecule has 51 nitrogen and oxygen atoms in total. The van der Waals surface area contributed by atoms with E-state index < -0.39 is 305 Å². The number of nitrogens with zero attached hydrogens (tertiary/aromatic N) is 1. The van der Waals surface area contributed by atoms with E-state index in [-0.39, 0.29) is 103 Å². The topological polar surface area (TPSA) is 820 Å². The number of hydrogen-bond acceptors (Lipinski definition) is 30. The number of amides is 18. The first-order chi connectivity index (χ1) is 66.0. The van der Waals surface area contributed by atoms with Crippen molar-refractivity contribution in [2.24, 2.45) is 40.7 Å². The number of aliphatic hydroxyl groups is 1. The molecule has 770 valence electrons. The summed E-state index contributed by atoms with van der Waals surface area (Å²) in [6.45, 7) is 9.05. The minimum absolute atomic E-state index is 0.00984. The Morgan fingerprint density at radius 1 is 0.374 bits per heavy atom. The van der Waals surface area contributed by atoms with Crippen LogP contribution in [0.2, 0.25) is 0 Å². The van der Waals surface area contributed by atoms with Gasteiger partial charge in [-0.15, -0.1) is 0 Å². The highest BCUT2D eigenvalue weighted by molar-refractivity contribution is 8.77. The van der Waals surface area contributed by atoms with Crippen molar-refractivity contribution in [2.75, 3.05) is 73.8 Å². The Morgan fingerprint density at radius 3 is 1.05 bits per heavy atom. The van der Waals surface area contributed by atoms with Crippen molar-refractivity contribution < 1.29 is 91.4 Å². The average Bonchev–Trinajstić information content (AvgIpc) is 1.19. The van der Waals surface area contributed by atoms with Crippen LogP contribution in [0.15, 0.2) is 42.9 Å². The maximum atomic E-state index is 15.7. The Labute approximate surface area is 826 Å². The van der Waals surface area contributed by atoms with E-state index in [9.17, 15) is 38.7 Å². The number of imidazole rings is 1. The summed E-state index contributed by atoms with van der Waals surface area (Å²) in [7, 11) is 4.89. The van der Waals surface area contributed by atoms with Crippen molar-refractivity contribution in [3.8, 4) is 0 Å². The molecule has 0 unspecified atom stereocenters. The third kappa shape index (κ3) is 41.5. The number of H-pyrrole nitrogens is 1. The van der Waals surface area contributed by atoms with Crippen molar-refractivity contribution in [2.45, 2.75) is 228 Å². The fourth-order valence-corrected chi connectivity index (χ4v) is 21.0. The quantitative estimate of drug-likeness (QED) is 0.0180. The molecule has 18 amide bonds. The van der Waals surface area contributed by atoms with Crippen LogP contribution >= 0.6 is 64.8 Å². The fourth-order valence-electron chi connectivity index (χ4n) is 14.0. The minimum atomic E-state index is -1.93. The summed E-state index contributed by atoms with van der Waals surface area (Å²) < 4.78 is 0. The van der Waals surface area contributed by atoms with E-state index in [4.69, 9.17) is 44.6 Å². The van der Waals surface area contributed by atoms with Crippen LogP contribution in [0.5, 0.6) is 0 Å². The molecule has 6 bridgehead atoms. The van der Waals surface area contributed by atoms with E-state index in [0.717, 1.165) is 71.7 Å². The predicted molar refractivity (Wildman–Crippen MR) is 526 cm³/mol. The first-order valence-corrected chi connectivity index (χ1v) is 52.6. The van der Waals surface area contributed by atoms with Crippen LogP contribution in [0.4, 0.5) is 0 Å². The van der Waals surface area contributed by atoms with Gasteiger partial charge in [-0.3, -0.25) is 108 Å². The molecule has 139 heavy (non-hydrogen) atoms. The third-order valence-electron chi connectivity index (χ3n) is 21.8. The van der Waals surface area contributed by atoms with E-state index in [1.54, 1.807) is 71.9 Å². The predicted octanol–water partition coefficient (Wildman–Crippen LogP) is -8.44. The van der Waals surface area contributed by atoms with Crippen LogP contribution in [0.3, 0.4) is 0 Å². The Kier molecular flexibility index (Phi) is 50.1. The van der Waals surface area contributed by atoms with Crippen LogP contribution in [0.25, 0.3) is 0 Å². The van der Waals surface area contributed by atoms with Crippen molar-refractivity contribution in [1.29, 1.82) is 21.6 Å². The maximum Gasteiger partial charge on any atom is 0.245 e. The molecule has 18 atom stereocenters. The molecule has 36 N–H and O–H groups in total. The zero-order valence-corrected chi connectivity index (χ0v) is 83.0. The second kappa shape index (κ2) is 60.1. The van der Waals surface area contributed by atoms with Crippen LogP contribution in [-0.2, 0) is 99.1 Å². The van der Waals surface area contributed by atoms with Gasteiger partial charge in [0.1, 0.15) is 96.7 Å². The Morgan fingerprint density at radius 2 is 0.683 bits per heavy atom. The molecule has 1 aromatic heterocycles. The molecule has 4 fully saturated rings. The van der Waals surface area contributed by atoms with E-state index in [1.165, 1.54) is 12.5 Å². The number of benzene rings is 1. The van der Waals surface area contributed by atoms with Gasteiger partial charge in [0, 0.05) is 79.7 Å². The van der Waals surface area contributed by atoms with Crippen molar-refractivity contribution in [3.63, 3.8) is 0 Å². The number of hydrogen-bond donors (Lipinski definition) is 32. The van der Waals surface area contributed by atoms with Crippen LogP contribution in [0.1, 0.15) is 124 Å². The summed E-state index contributed by atoms with van der Waals surface area (Å²) in [5.74, 6) is -25.7. The minimum Gasteiger partial charge on any atom is -0.391 e. The summed E-state index contributed by atoms with van der Waals surface area (Å²) in [4.78, 5) is 278. The molecular weight excluding hydrogens is 1930 g/mol. The molecule has 2 aromatic rings. The zero-order chi connectivity index (χ0) is 103. The van der Waals surface area contributed by atoms with Gasteiger partial charge in [-0.2, -0.15) is 0 Å². The second-order valence-electron chi connectivity index (χ2n) is 33.9. The van der Waals surface area contributed by atoms with Gasteiger partial charge < -0.3 is 150 Å². The number of fused-ring (bicyclic) bond motifs is 15. The first kappa shape index (κ1) is 116. The van der Waals surface area contributed by atoms with Gasteiger partial charge in [0.25, 0.3) is 0 Å². The van der Waals surface area contributed by atoms with Gasteiger partial charge in [0.2, 0.25) is 106 Å². The summed E-state index contributed by atoms with van der Waals surface area (Å²) in [6, 6.07) is -18.7. The first-order valence-electron chi connectivity index (χ1n) is 45.1. The zero-order valence-electron chi connectivity index (χ0n) is 78.1. The van der Waals surface area contributed by atoms with Gasteiger partial charge in [-0.05, 0) is 88.0 Å². The molecule has 4 saturated heterocycles. The number of carbonyl (C=O) groups excluding carboxylic acids is 18. The third-order valence-corrected chi connectivity index (χ3v) is 29.0. The lowest BCUT2D eigenvalue weighted by Gasteiger charge is -2.30. The largest absolute Gasteiger partial charge is 0.391 e. The van der Waals surface area contributed by atoms with Crippen LogP contribution in [-0.4, -0.2) is 322 Å². The molecule has 57 heteroatoms. The van der Waals surface area contributed by atoms with Crippen molar-refractivity contribution >= 4 is 195 Å². The highest BCUT2D eigenvalue weighted by Crippen LogP contribution is 2.28. The van der Waals surface area contributed by atoms with Crippen LogP contribution in [0, 0.1) is 39.4 Å². The van der Waals surface area contributed by atoms with E-state index in [2.05, 4.69) is 127 Å². The van der Waals surface area contributed by atoms with E-state index >= 15 is 52.7 Å². The Hall–Kier alpha value is -12.0. The van der Waals surface area contributed by atoms with Gasteiger partial charge in [0.05, 0.1) is 31.2 Å². The highest BCUT2D eigenvalue weighted by atomic mass is 33.1. The van der Waals surface area contributed by atoms with Crippen LogP contribution < -0.4 is 140 Å². The number of nitrogens with two attached hydrogens (primary N) is 4. The van der Waals surface area contributed by atoms with Gasteiger partial charge in [-0.1, -0.05) is 143 Å². The summed E-state index contributed by atoms with van der Waals surface area (Å²) in [5, 5.41) is 100. The van der Waals surface area contributed by atoms with E-state index in [0.29, 0.717) is 5.56 Å². The van der Waals surface area contributed by atoms with E-state index in [1.807, 2.05) is 0 Å². The number of nitrogens with one attached hydrogen (secondary N) is 27. The summed E-state index contributed by atoms with van der Waals surface area (Å²) in [6.07, 6.45) is -0.876. The number of guanidine groups is 4. The lowest BCUT2D eigenvalue weighted by Crippen LogP contribution is -2.63. The maximum absolute atomic E-state index is 15.7. The van der Waals surface area contributed by atoms with Crippen molar-refractivity contribution in [3.05, 3.63) is 54.1 Å². The molecule has 4 aliphatic heterocycles. The molecule has 5 heterocycles. The smallest absolute Gasteiger partial charge is 0.245 e. The van der Waals surface area contributed by atoms with Gasteiger partial charge >= 0.3 is 0 Å². The highest BCUT2D eigenvalue weighted by Gasteiger charge is 2.42. The second-order valence-corrected chi connectivity index (χ2v) is 41.6. The monoisotopic (exact) mass is 2060 g/mol. The van der Waals surface area contributed by atoms with Gasteiger partial charge in [0.15, 0.2) is 23.8 Å². The Balaban J connectivity index is 1.62. The SMILES string of the molecule is CC[C@H](C)[C@@H]1NC(=O)[C@@H]2CSSC[C@H](NC(=O)[C@H](Cc3c[nH]cn3)NC(=O)[C@@H]3CSSC[C@H](NC1=O)C(=O)N[C@@H]([C@@H](C)O)C(=O)N[C@@H](CCCNC(=N)N)C(=O)NCC(=O)N[C@@H](Cc1ccccc1)C(=O)N3)C(=O)N[C@@H](CC(C)C)C(=O)N[C@H]1CSSC[C@H](NC(=O)[C@H](C(C)C)NC(=O)CNC(=O)[C@H](CCCNC(=N)N)NC(=O)[C@H](CCCNC(=N)N)NC1=O)C(=O)N[C@@H](CCCNC(=N)N)C(=O)N2. The normalized spacial score (nSPS) is 26.2. The molecule has 0 radical (unpaired) electrons. The molecule has 6 rings (SSSR count). The molecule has 1 aromatic carbocycles. The fraction of sp³-hybridized carbons (Fsp3) is 0.622. The number of aliphatic hydroxyl groups excluding tert-OH is 1. The molecule has 0 spiro atoms. The standard InChI is InChI=1S/C82H132N32O19S6/c1-8-41(6)61-77(132)111-57-37-139-136-34-54(108-68(123)50(27-43-16-10-9-11-17-43)99-58(116)30-96-64(119)46(19-13-23-93-80(85)86)103-78(133)62(42(7)115)114-75(57)130)73(128)105-51(28-44-29-91-38-98-44)69(124)109-53-33-135-138-36-56(74(129)113-61)106-66(121)48(21-15-25-95-82(89)90)102-71(126)55-35-137-134-32-52(107-67(122)49(26-39(2)3)104-72(53)127)70(125)101-47(20-14-24-94-81(87)88)65(120)100-45(18-12-22-92-79(83)84)63(118)97-31-59(117)112-60(40(4)5)76(131)110-55/h9-11,16-17,29,38-42,45-57,60-62,115H,8,12-15,18-28,30-37H2,1-7H3,(H,91,98)(H,96,119)(H,97,118)(H,99,116)(H,100,120)(H,101,125)(H,102,126)(H,103,133)(H,104,127)(H,105,128)(H,106,121)(H,107,122)(H,108,123)(H,109,124)(H,110,131)(H,111,132)(H,112,117)(H,113,129)(H,114,130)(H4,83,84,92)(H4,85,86,93)(H4,87,88,94)(H4,89,90,95)/t41-,42+,45-,46-,47-,48-,49-,50-,51-,52-,53-,54-,55-,56-,57-,60-,61-,62-/m0/s1. The molecule has 0 aliphatic carbocycles. The number of rotatable bonds is 26. The molecule has 4 aliphatic rings.